The van der Waals surface area contributed by atoms with E-state index in [9.17, 15) is 22.4 Å². The Hall–Kier alpha value is -2.73. The summed E-state index contributed by atoms with van der Waals surface area (Å²) in [5, 5.41) is 13.5. The quantitative estimate of drug-likeness (QED) is 0.605. The molecule has 0 saturated heterocycles. The van der Waals surface area contributed by atoms with Crippen LogP contribution in [0, 0.1) is 17.1 Å². The van der Waals surface area contributed by atoms with Crippen molar-refractivity contribution in [2.75, 3.05) is 10.6 Å². The standard InChI is InChI=1S/C15H9F4N3OS/c16-13-6-3-11(7-9(13)8-20)22-14(23)21-10-1-4-12(5-2-10)24-15(17,18)19/h1-7H,(H2,21,22,23). The summed E-state index contributed by atoms with van der Waals surface area (Å²) in [6, 6.07) is 9.52. The molecule has 0 atom stereocenters. The van der Waals surface area contributed by atoms with Gasteiger partial charge in [0.15, 0.2) is 0 Å². The Labute approximate surface area is 138 Å². The number of thioether (sulfide) groups is 1. The normalized spacial score (nSPS) is 10.8. The van der Waals surface area contributed by atoms with Crippen LogP contribution in [-0.4, -0.2) is 11.5 Å². The Morgan fingerprint density at radius 3 is 2.21 bits per heavy atom. The summed E-state index contributed by atoms with van der Waals surface area (Å²) >= 11 is -0.258. The number of alkyl halides is 3. The third-order valence-electron chi connectivity index (χ3n) is 2.69. The molecule has 124 valence electrons. The van der Waals surface area contributed by atoms with E-state index in [-0.39, 0.29) is 33.6 Å². The first-order chi connectivity index (χ1) is 11.3. The molecule has 9 heteroatoms. The summed E-state index contributed by atoms with van der Waals surface area (Å²) in [6.45, 7) is 0. The lowest BCUT2D eigenvalue weighted by Crippen LogP contribution is -2.19. The second kappa shape index (κ2) is 7.23. The number of halogens is 4. The van der Waals surface area contributed by atoms with Gasteiger partial charge in [0.2, 0.25) is 0 Å². The lowest BCUT2D eigenvalue weighted by molar-refractivity contribution is -0.0328. The van der Waals surface area contributed by atoms with Gasteiger partial charge in [-0.05, 0) is 54.2 Å². The van der Waals surface area contributed by atoms with E-state index in [1.807, 2.05) is 0 Å². The maximum Gasteiger partial charge on any atom is 0.446 e. The molecule has 0 spiro atoms. The molecule has 24 heavy (non-hydrogen) atoms. The van der Waals surface area contributed by atoms with E-state index >= 15 is 0 Å². The van der Waals surface area contributed by atoms with Crippen molar-refractivity contribution < 1.29 is 22.4 Å². The summed E-state index contributed by atoms with van der Waals surface area (Å²) < 4.78 is 49.8. The zero-order valence-electron chi connectivity index (χ0n) is 11.8. The van der Waals surface area contributed by atoms with Crippen molar-refractivity contribution in [1.82, 2.24) is 0 Å². The fourth-order valence-electron chi connectivity index (χ4n) is 1.72. The number of urea groups is 1. The van der Waals surface area contributed by atoms with Crippen molar-refractivity contribution in [3.63, 3.8) is 0 Å². The third kappa shape index (κ3) is 5.17. The van der Waals surface area contributed by atoms with Crippen molar-refractivity contribution >= 4 is 29.2 Å². The van der Waals surface area contributed by atoms with Crippen molar-refractivity contribution in [1.29, 1.82) is 5.26 Å². The molecule has 2 aromatic rings. The zero-order chi connectivity index (χ0) is 17.7. The molecule has 0 aliphatic carbocycles. The number of nitrogens with zero attached hydrogens (tertiary/aromatic N) is 1. The molecule has 0 radical (unpaired) electrons. The van der Waals surface area contributed by atoms with Gasteiger partial charge in [-0.1, -0.05) is 0 Å². The highest BCUT2D eigenvalue weighted by molar-refractivity contribution is 8.00. The molecule has 0 saturated carbocycles. The van der Waals surface area contributed by atoms with Gasteiger partial charge in [-0.15, -0.1) is 0 Å². The molecule has 2 rings (SSSR count). The average Bonchev–Trinajstić information content (AvgIpc) is 2.49. The number of hydrogen-bond donors (Lipinski definition) is 2. The Bertz CT molecular complexity index is 785. The molecule has 2 N–H and O–H groups in total. The van der Waals surface area contributed by atoms with E-state index in [0.29, 0.717) is 0 Å². The number of nitrogens with one attached hydrogen (secondary N) is 2. The molecule has 0 aromatic heterocycles. The van der Waals surface area contributed by atoms with Gasteiger partial charge < -0.3 is 10.6 Å². The minimum Gasteiger partial charge on any atom is -0.308 e. The van der Waals surface area contributed by atoms with Crippen LogP contribution in [-0.2, 0) is 0 Å². The van der Waals surface area contributed by atoms with Gasteiger partial charge in [0, 0.05) is 16.3 Å². The van der Waals surface area contributed by atoms with E-state index in [2.05, 4.69) is 10.6 Å². The van der Waals surface area contributed by atoms with Crippen LogP contribution in [0.5, 0.6) is 0 Å². The van der Waals surface area contributed by atoms with Gasteiger partial charge in [0.25, 0.3) is 0 Å². The van der Waals surface area contributed by atoms with Crippen molar-refractivity contribution in [3.05, 3.63) is 53.8 Å². The van der Waals surface area contributed by atoms with Crippen molar-refractivity contribution in [3.8, 4) is 6.07 Å². The number of benzene rings is 2. The number of nitriles is 1. The largest absolute Gasteiger partial charge is 0.446 e. The summed E-state index contributed by atoms with van der Waals surface area (Å²) in [6.07, 6.45) is 0. The number of amides is 2. The lowest BCUT2D eigenvalue weighted by atomic mass is 10.2. The molecule has 0 unspecified atom stereocenters. The molecule has 0 fully saturated rings. The average molecular weight is 355 g/mol. The Morgan fingerprint density at radius 2 is 1.62 bits per heavy atom. The second-order valence-electron chi connectivity index (χ2n) is 4.46. The van der Waals surface area contributed by atoms with Crippen LogP contribution in [0.15, 0.2) is 47.4 Å². The zero-order valence-corrected chi connectivity index (χ0v) is 12.6. The smallest absolute Gasteiger partial charge is 0.308 e. The SMILES string of the molecule is N#Cc1cc(NC(=O)Nc2ccc(SC(F)(F)F)cc2)ccc1F. The summed E-state index contributed by atoms with van der Waals surface area (Å²) in [4.78, 5) is 11.8. The fraction of sp³-hybridized carbons (Fsp3) is 0.0667. The van der Waals surface area contributed by atoms with E-state index in [4.69, 9.17) is 5.26 Å². The van der Waals surface area contributed by atoms with Crippen LogP contribution in [0.25, 0.3) is 0 Å². The predicted molar refractivity (Wildman–Crippen MR) is 82.1 cm³/mol. The fourth-order valence-corrected chi connectivity index (χ4v) is 2.26. The molecule has 2 aromatic carbocycles. The summed E-state index contributed by atoms with van der Waals surface area (Å²) in [5.41, 5.74) is -4.12. The Balaban J connectivity index is 1.99. The Kier molecular flexibility index (Phi) is 5.31. The number of anilines is 2. The Morgan fingerprint density at radius 1 is 1.04 bits per heavy atom. The summed E-state index contributed by atoms with van der Waals surface area (Å²) in [7, 11) is 0. The number of carbonyl (C=O) groups is 1. The minimum absolute atomic E-state index is 0.00865. The van der Waals surface area contributed by atoms with Gasteiger partial charge in [0.05, 0.1) is 5.56 Å². The maximum atomic E-state index is 13.2. The van der Waals surface area contributed by atoms with Gasteiger partial charge in [0.1, 0.15) is 11.9 Å². The van der Waals surface area contributed by atoms with E-state index in [1.54, 1.807) is 6.07 Å². The first-order valence-corrected chi connectivity index (χ1v) is 7.22. The third-order valence-corrected chi connectivity index (χ3v) is 3.43. The second-order valence-corrected chi connectivity index (χ2v) is 5.60. The molecule has 2 amide bonds. The van der Waals surface area contributed by atoms with Crippen LogP contribution in [0.2, 0.25) is 0 Å². The molecule has 0 bridgehead atoms. The number of rotatable bonds is 3. The maximum absolute atomic E-state index is 13.2. The van der Waals surface area contributed by atoms with Gasteiger partial charge in [-0.2, -0.15) is 18.4 Å². The van der Waals surface area contributed by atoms with Gasteiger partial charge in [-0.25, -0.2) is 9.18 Å². The lowest BCUT2D eigenvalue weighted by Gasteiger charge is -2.09. The predicted octanol–water partition coefficient (Wildman–Crippen LogP) is 4.95. The van der Waals surface area contributed by atoms with E-state index < -0.39 is 17.4 Å². The highest BCUT2D eigenvalue weighted by Crippen LogP contribution is 2.37. The molecule has 0 aliphatic rings. The topological polar surface area (TPSA) is 64.9 Å². The monoisotopic (exact) mass is 355 g/mol. The highest BCUT2D eigenvalue weighted by atomic mass is 32.2. The minimum atomic E-state index is -4.38. The number of carbonyl (C=O) groups excluding carboxylic acids is 1. The van der Waals surface area contributed by atoms with Crippen LogP contribution < -0.4 is 10.6 Å². The van der Waals surface area contributed by atoms with E-state index in [0.717, 1.165) is 12.1 Å². The van der Waals surface area contributed by atoms with Gasteiger partial charge >= 0.3 is 11.5 Å². The number of hydrogen-bond acceptors (Lipinski definition) is 3. The van der Waals surface area contributed by atoms with Crippen LogP contribution in [0.4, 0.5) is 33.7 Å². The van der Waals surface area contributed by atoms with Crippen molar-refractivity contribution in [2.24, 2.45) is 0 Å². The van der Waals surface area contributed by atoms with Crippen LogP contribution >= 0.6 is 11.8 Å². The molecular weight excluding hydrogens is 346 g/mol. The van der Waals surface area contributed by atoms with E-state index in [1.165, 1.54) is 30.3 Å². The first-order valence-electron chi connectivity index (χ1n) is 6.40. The first kappa shape index (κ1) is 17.6. The summed E-state index contributed by atoms with van der Waals surface area (Å²) in [5.74, 6) is -0.707. The van der Waals surface area contributed by atoms with Crippen molar-refractivity contribution in [2.45, 2.75) is 10.4 Å². The highest BCUT2D eigenvalue weighted by Gasteiger charge is 2.29. The van der Waals surface area contributed by atoms with Crippen LogP contribution in [0.1, 0.15) is 5.56 Å². The molecule has 0 aliphatic heterocycles. The molecular formula is C15H9F4N3OS. The molecule has 0 heterocycles. The van der Waals surface area contributed by atoms with Gasteiger partial charge in [-0.3, -0.25) is 0 Å². The van der Waals surface area contributed by atoms with Crippen LogP contribution in [0.3, 0.4) is 0 Å². The molecule has 4 nitrogen and oxygen atoms in total.